The van der Waals surface area contributed by atoms with Gasteiger partial charge in [-0.3, -0.25) is 14.6 Å². The molecule has 0 N–H and O–H groups in total. The molecule has 2 amide bonds. The largest absolute Gasteiger partial charge is 0.345 e. The highest BCUT2D eigenvalue weighted by Gasteiger charge is 2.14. The molecule has 0 aliphatic heterocycles. The minimum absolute atomic E-state index is 0.0175. The second-order valence-electron chi connectivity index (χ2n) is 6.10. The van der Waals surface area contributed by atoms with Gasteiger partial charge < -0.3 is 9.80 Å². The van der Waals surface area contributed by atoms with E-state index in [1.807, 2.05) is 42.5 Å². The number of amides is 2. The Labute approximate surface area is 149 Å². The first-order chi connectivity index (χ1) is 12.1. The molecule has 0 aliphatic carbocycles. The van der Waals surface area contributed by atoms with Crippen molar-refractivity contribution in [3.63, 3.8) is 0 Å². The van der Waals surface area contributed by atoms with Gasteiger partial charge in [-0.15, -0.1) is 0 Å². The van der Waals surface area contributed by atoms with Crippen LogP contribution in [0.25, 0.3) is 0 Å². The quantitative estimate of drug-likeness (QED) is 0.743. The van der Waals surface area contributed by atoms with Crippen molar-refractivity contribution in [2.75, 3.05) is 20.1 Å². The van der Waals surface area contributed by atoms with Crippen LogP contribution in [0.4, 0.5) is 0 Å². The molecule has 0 fully saturated rings. The Bertz CT molecular complexity index is 674. The fourth-order valence-corrected chi connectivity index (χ4v) is 2.54. The first-order valence-corrected chi connectivity index (χ1v) is 8.48. The predicted octanol–water partition coefficient (Wildman–Crippen LogP) is 2.52. The number of nitrogens with zero attached hydrogens (tertiary/aromatic N) is 3. The highest BCUT2D eigenvalue weighted by Crippen LogP contribution is 2.07. The number of pyridine rings is 1. The van der Waals surface area contributed by atoms with Crippen molar-refractivity contribution in [1.82, 2.24) is 14.8 Å². The molecule has 0 radical (unpaired) electrons. The highest BCUT2D eigenvalue weighted by molar-refractivity contribution is 5.78. The molecule has 0 saturated carbocycles. The number of aromatic nitrogens is 1. The van der Waals surface area contributed by atoms with E-state index in [0.717, 1.165) is 17.5 Å². The van der Waals surface area contributed by atoms with Crippen LogP contribution in [0.3, 0.4) is 0 Å². The van der Waals surface area contributed by atoms with E-state index in [1.54, 1.807) is 36.2 Å². The van der Waals surface area contributed by atoms with Gasteiger partial charge in [0, 0.05) is 52.4 Å². The summed E-state index contributed by atoms with van der Waals surface area (Å²) in [6.45, 7) is 3.16. The standard InChI is InChI=1S/C20H25N3O2/c1-17(24)23(16-19-6-4-3-5-7-19)15-11-20(25)22(2)14-10-18-8-12-21-13-9-18/h3-9,12-13H,10-11,14-16H2,1-2H3. The molecule has 25 heavy (non-hydrogen) atoms. The topological polar surface area (TPSA) is 53.5 Å². The molecule has 0 spiro atoms. The van der Waals surface area contributed by atoms with Crippen molar-refractivity contribution in [3.05, 3.63) is 66.0 Å². The average Bonchev–Trinajstić information content (AvgIpc) is 2.64. The normalized spacial score (nSPS) is 10.3. The predicted molar refractivity (Wildman–Crippen MR) is 97.7 cm³/mol. The van der Waals surface area contributed by atoms with Gasteiger partial charge in [0.05, 0.1) is 0 Å². The van der Waals surface area contributed by atoms with E-state index in [9.17, 15) is 9.59 Å². The second kappa shape index (κ2) is 9.57. The van der Waals surface area contributed by atoms with E-state index in [0.29, 0.717) is 26.1 Å². The maximum absolute atomic E-state index is 12.3. The fourth-order valence-electron chi connectivity index (χ4n) is 2.54. The molecule has 5 heteroatoms. The summed E-state index contributed by atoms with van der Waals surface area (Å²) < 4.78 is 0. The van der Waals surface area contributed by atoms with Crippen LogP contribution in [0.1, 0.15) is 24.5 Å². The Morgan fingerprint density at radius 3 is 2.28 bits per heavy atom. The Kier molecular flexibility index (Phi) is 7.14. The van der Waals surface area contributed by atoms with E-state index in [2.05, 4.69) is 4.98 Å². The zero-order chi connectivity index (χ0) is 18.1. The smallest absolute Gasteiger partial charge is 0.224 e. The van der Waals surface area contributed by atoms with Crippen LogP contribution in [0.5, 0.6) is 0 Å². The third kappa shape index (κ3) is 6.37. The van der Waals surface area contributed by atoms with Gasteiger partial charge >= 0.3 is 0 Å². The zero-order valence-corrected chi connectivity index (χ0v) is 14.9. The Balaban J connectivity index is 1.80. The van der Waals surface area contributed by atoms with Crippen LogP contribution < -0.4 is 0 Å². The van der Waals surface area contributed by atoms with Crippen LogP contribution >= 0.6 is 0 Å². The molecule has 2 rings (SSSR count). The van der Waals surface area contributed by atoms with Crippen molar-refractivity contribution in [1.29, 1.82) is 0 Å². The fraction of sp³-hybridized carbons (Fsp3) is 0.350. The average molecular weight is 339 g/mol. The lowest BCUT2D eigenvalue weighted by molar-refractivity contribution is -0.133. The second-order valence-corrected chi connectivity index (χ2v) is 6.10. The summed E-state index contributed by atoms with van der Waals surface area (Å²) in [4.78, 5) is 31.6. The van der Waals surface area contributed by atoms with Crippen LogP contribution in [0, 0.1) is 0 Å². The number of hydrogen-bond acceptors (Lipinski definition) is 3. The maximum atomic E-state index is 12.3. The summed E-state index contributed by atoms with van der Waals surface area (Å²) in [6, 6.07) is 13.7. The molecule has 132 valence electrons. The first-order valence-electron chi connectivity index (χ1n) is 8.48. The van der Waals surface area contributed by atoms with Gasteiger partial charge in [0.15, 0.2) is 0 Å². The summed E-state index contributed by atoms with van der Waals surface area (Å²) in [5.74, 6) is 0.0319. The number of hydrogen-bond donors (Lipinski definition) is 0. The molecule has 1 heterocycles. The van der Waals surface area contributed by atoms with Gasteiger partial charge in [-0.2, -0.15) is 0 Å². The van der Waals surface area contributed by atoms with E-state index in [-0.39, 0.29) is 11.8 Å². The van der Waals surface area contributed by atoms with Crippen LogP contribution in [0.2, 0.25) is 0 Å². The molecule has 0 atom stereocenters. The summed E-state index contributed by atoms with van der Waals surface area (Å²) in [5, 5.41) is 0. The molecular formula is C20H25N3O2. The molecule has 0 saturated heterocycles. The molecular weight excluding hydrogens is 314 g/mol. The molecule has 2 aromatic rings. The lowest BCUT2D eigenvalue weighted by Crippen LogP contribution is -2.35. The van der Waals surface area contributed by atoms with Gasteiger partial charge in [-0.05, 0) is 29.7 Å². The lowest BCUT2D eigenvalue weighted by Gasteiger charge is -2.23. The molecule has 1 aromatic heterocycles. The van der Waals surface area contributed by atoms with Crippen LogP contribution in [0.15, 0.2) is 54.9 Å². The summed E-state index contributed by atoms with van der Waals surface area (Å²) in [6.07, 6.45) is 4.64. The Hall–Kier alpha value is -2.69. The minimum Gasteiger partial charge on any atom is -0.345 e. The monoisotopic (exact) mass is 339 g/mol. The lowest BCUT2D eigenvalue weighted by atomic mass is 10.2. The van der Waals surface area contributed by atoms with Crippen molar-refractivity contribution in [2.24, 2.45) is 0 Å². The van der Waals surface area contributed by atoms with E-state index >= 15 is 0 Å². The van der Waals surface area contributed by atoms with Crippen LogP contribution in [-0.4, -0.2) is 46.7 Å². The SMILES string of the molecule is CC(=O)N(CCC(=O)N(C)CCc1ccncc1)Cc1ccccc1. The zero-order valence-electron chi connectivity index (χ0n) is 14.9. The number of likely N-dealkylation sites (N-methyl/N-ethyl adjacent to an activating group) is 1. The first kappa shape index (κ1) is 18.6. The van der Waals surface area contributed by atoms with Crippen LogP contribution in [-0.2, 0) is 22.6 Å². The molecule has 0 unspecified atom stereocenters. The molecule has 0 bridgehead atoms. The number of carbonyl (C=O) groups excluding carboxylic acids is 2. The van der Waals surface area contributed by atoms with Crippen molar-refractivity contribution in [3.8, 4) is 0 Å². The Morgan fingerprint density at radius 1 is 0.960 bits per heavy atom. The van der Waals surface area contributed by atoms with Crippen molar-refractivity contribution >= 4 is 11.8 Å². The van der Waals surface area contributed by atoms with Crippen molar-refractivity contribution < 1.29 is 9.59 Å². The summed E-state index contributed by atoms with van der Waals surface area (Å²) in [7, 11) is 1.80. The van der Waals surface area contributed by atoms with E-state index in [4.69, 9.17) is 0 Å². The third-order valence-electron chi connectivity index (χ3n) is 4.17. The van der Waals surface area contributed by atoms with E-state index < -0.39 is 0 Å². The number of carbonyl (C=O) groups is 2. The summed E-state index contributed by atoms with van der Waals surface area (Å²) >= 11 is 0. The van der Waals surface area contributed by atoms with Gasteiger partial charge in [0.25, 0.3) is 0 Å². The molecule has 5 nitrogen and oxygen atoms in total. The van der Waals surface area contributed by atoms with Gasteiger partial charge in [-0.1, -0.05) is 30.3 Å². The maximum Gasteiger partial charge on any atom is 0.224 e. The molecule has 1 aromatic carbocycles. The summed E-state index contributed by atoms with van der Waals surface area (Å²) in [5.41, 5.74) is 2.22. The minimum atomic E-state index is -0.0175. The van der Waals surface area contributed by atoms with Gasteiger partial charge in [0.1, 0.15) is 0 Å². The Morgan fingerprint density at radius 2 is 1.64 bits per heavy atom. The number of rotatable bonds is 8. The van der Waals surface area contributed by atoms with E-state index in [1.165, 1.54) is 0 Å². The highest BCUT2D eigenvalue weighted by atomic mass is 16.2. The third-order valence-corrected chi connectivity index (χ3v) is 4.17. The van der Waals surface area contributed by atoms with Gasteiger partial charge in [0.2, 0.25) is 11.8 Å². The van der Waals surface area contributed by atoms with Gasteiger partial charge in [-0.25, -0.2) is 0 Å². The number of benzene rings is 1. The van der Waals surface area contributed by atoms with Crippen molar-refractivity contribution in [2.45, 2.75) is 26.3 Å². The molecule has 0 aliphatic rings.